The molecule has 0 amide bonds. The van der Waals surface area contributed by atoms with Gasteiger partial charge in [0.25, 0.3) is 0 Å². The molecule has 0 heterocycles. The summed E-state index contributed by atoms with van der Waals surface area (Å²) in [5.74, 6) is 0.906. The van der Waals surface area contributed by atoms with Crippen LogP contribution in [0.15, 0.2) is 0 Å². The molecule has 0 aromatic rings. The van der Waals surface area contributed by atoms with E-state index in [-0.39, 0.29) is 22.0 Å². The first-order chi connectivity index (χ1) is 11.6. The van der Waals surface area contributed by atoms with Crippen molar-refractivity contribution in [3.05, 3.63) is 0 Å². The lowest BCUT2D eigenvalue weighted by Crippen LogP contribution is -2.47. The third-order valence-electron chi connectivity index (χ3n) is 5.93. The van der Waals surface area contributed by atoms with Gasteiger partial charge < -0.3 is 0 Å². The lowest BCUT2D eigenvalue weighted by molar-refractivity contribution is -0.426. The summed E-state index contributed by atoms with van der Waals surface area (Å²) in [5.41, 5.74) is -0.231. The molecular formula is C24H50O2. The minimum absolute atomic E-state index is 0.192. The maximum Gasteiger partial charge on any atom is 0.101 e. The Morgan fingerprint density at radius 2 is 0.808 bits per heavy atom. The van der Waals surface area contributed by atoms with Crippen LogP contribution < -0.4 is 0 Å². The van der Waals surface area contributed by atoms with Gasteiger partial charge in [-0.25, -0.2) is 9.78 Å². The molecule has 0 aromatic carbocycles. The van der Waals surface area contributed by atoms with Crippen LogP contribution in [0, 0.1) is 22.7 Å². The van der Waals surface area contributed by atoms with Crippen LogP contribution in [-0.4, -0.2) is 11.2 Å². The Balaban J connectivity index is 5.27. The molecule has 2 nitrogen and oxygen atoms in total. The van der Waals surface area contributed by atoms with E-state index in [0.717, 1.165) is 0 Å². The molecule has 0 aliphatic heterocycles. The fourth-order valence-corrected chi connectivity index (χ4v) is 4.79. The van der Waals surface area contributed by atoms with Gasteiger partial charge >= 0.3 is 0 Å². The van der Waals surface area contributed by atoms with Gasteiger partial charge in [-0.05, 0) is 63.2 Å². The molecule has 0 saturated heterocycles. The van der Waals surface area contributed by atoms with E-state index in [2.05, 4.69) is 83.1 Å². The zero-order valence-corrected chi connectivity index (χ0v) is 20.2. The van der Waals surface area contributed by atoms with E-state index in [1.54, 1.807) is 0 Å². The first kappa shape index (κ1) is 25.9. The standard InChI is InChI=1S/C24H50O2/c1-13-15-17-19(21(3,4)5)23(9,10)25-26-24(11,12)20(18-16-14-2)22(6,7)8/h19-20H,13-18H2,1-12H3. The summed E-state index contributed by atoms with van der Waals surface area (Å²) in [7, 11) is 0. The van der Waals surface area contributed by atoms with Crippen LogP contribution in [0.5, 0.6) is 0 Å². The van der Waals surface area contributed by atoms with E-state index in [1.807, 2.05) is 0 Å². The van der Waals surface area contributed by atoms with Crippen LogP contribution in [0.3, 0.4) is 0 Å². The van der Waals surface area contributed by atoms with Gasteiger partial charge in [-0.3, -0.25) is 0 Å². The summed E-state index contributed by atoms with van der Waals surface area (Å²) in [6.07, 6.45) is 7.26. The number of unbranched alkanes of at least 4 members (excludes halogenated alkanes) is 2. The Hall–Kier alpha value is -0.0800. The van der Waals surface area contributed by atoms with Crippen molar-refractivity contribution < 1.29 is 9.78 Å². The largest absolute Gasteiger partial charge is 0.230 e. The second-order valence-electron chi connectivity index (χ2n) is 11.5. The zero-order chi connectivity index (χ0) is 20.8. The molecule has 0 bridgehead atoms. The van der Waals surface area contributed by atoms with E-state index in [1.165, 1.54) is 38.5 Å². The second-order valence-corrected chi connectivity index (χ2v) is 11.5. The molecule has 0 fully saturated rings. The predicted octanol–water partition coefficient (Wildman–Crippen LogP) is 8.20. The van der Waals surface area contributed by atoms with Gasteiger partial charge in [0.05, 0.1) is 0 Å². The third-order valence-corrected chi connectivity index (χ3v) is 5.93. The highest BCUT2D eigenvalue weighted by molar-refractivity contribution is 4.89. The third kappa shape index (κ3) is 8.30. The van der Waals surface area contributed by atoms with Crippen LogP contribution in [0.1, 0.15) is 122 Å². The second kappa shape index (κ2) is 9.92. The van der Waals surface area contributed by atoms with Gasteiger partial charge in [-0.15, -0.1) is 0 Å². The average Bonchev–Trinajstić information content (AvgIpc) is 2.43. The molecule has 0 aliphatic rings. The highest BCUT2D eigenvalue weighted by Crippen LogP contribution is 2.44. The van der Waals surface area contributed by atoms with Gasteiger partial charge in [0.2, 0.25) is 0 Å². The van der Waals surface area contributed by atoms with E-state index in [0.29, 0.717) is 11.8 Å². The number of rotatable bonds is 11. The molecule has 2 unspecified atom stereocenters. The first-order valence-corrected chi connectivity index (χ1v) is 11.0. The molecule has 0 aliphatic carbocycles. The molecule has 2 heteroatoms. The lowest BCUT2D eigenvalue weighted by Gasteiger charge is -2.46. The maximum atomic E-state index is 6.24. The predicted molar refractivity (Wildman–Crippen MR) is 115 cm³/mol. The van der Waals surface area contributed by atoms with Gasteiger partial charge in [0.1, 0.15) is 11.2 Å². The van der Waals surface area contributed by atoms with Crippen molar-refractivity contribution in [1.82, 2.24) is 0 Å². The van der Waals surface area contributed by atoms with Crippen molar-refractivity contribution >= 4 is 0 Å². The Kier molecular flexibility index (Phi) is 9.89. The summed E-state index contributed by atoms with van der Waals surface area (Å²) in [6.45, 7) is 27.3. The SMILES string of the molecule is CCCCC(C(C)(C)C)C(C)(C)OOC(C)(C)C(CCCC)C(C)(C)C. The van der Waals surface area contributed by atoms with Crippen molar-refractivity contribution in [3.8, 4) is 0 Å². The van der Waals surface area contributed by atoms with Gasteiger partial charge in [-0.1, -0.05) is 81.1 Å². The quantitative estimate of drug-likeness (QED) is 0.269. The Morgan fingerprint density at radius 1 is 0.538 bits per heavy atom. The molecule has 158 valence electrons. The van der Waals surface area contributed by atoms with Crippen molar-refractivity contribution in [2.75, 3.05) is 0 Å². The number of hydrogen-bond donors (Lipinski definition) is 0. The van der Waals surface area contributed by atoms with Crippen molar-refractivity contribution in [1.29, 1.82) is 0 Å². The minimum Gasteiger partial charge on any atom is -0.230 e. The number of hydrogen-bond acceptors (Lipinski definition) is 2. The molecule has 0 saturated carbocycles. The van der Waals surface area contributed by atoms with Crippen molar-refractivity contribution in [2.24, 2.45) is 22.7 Å². The minimum atomic E-state index is -0.308. The smallest absolute Gasteiger partial charge is 0.101 e. The maximum absolute atomic E-state index is 6.24. The van der Waals surface area contributed by atoms with Crippen LogP contribution in [-0.2, 0) is 9.78 Å². The molecule has 0 aromatic heterocycles. The van der Waals surface area contributed by atoms with Crippen LogP contribution in [0.4, 0.5) is 0 Å². The zero-order valence-electron chi connectivity index (χ0n) is 20.2. The topological polar surface area (TPSA) is 18.5 Å². The molecule has 0 spiro atoms. The normalized spacial score (nSPS) is 16.6. The first-order valence-electron chi connectivity index (χ1n) is 11.0. The molecule has 26 heavy (non-hydrogen) atoms. The molecular weight excluding hydrogens is 320 g/mol. The van der Waals surface area contributed by atoms with E-state index in [4.69, 9.17) is 9.78 Å². The van der Waals surface area contributed by atoms with Crippen molar-refractivity contribution in [3.63, 3.8) is 0 Å². The Bertz CT molecular complexity index is 344. The molecule has 2 atom stereocenters. The van der Waals surface area contributed by atoms with Gasteiger partial charge in [0.15, 0.2) is 0 Å². The van der Waals surface area contributed by atoms with Crippen LogP contribution >= 0.6 is 0 Å². The van der Waals surface area contributed by atoms with E-state index in [9.17, 15) is 0 Å². The summed E-state index contributed by atoms with van der Waals surface area (Å²) >= 11 is 0. The Labute approximate surface area is 165 Å². The molecule has 0 N–H and O–H groups in total. The lowest BCUT2D eigenvalue weighted by atomic mass is 9.69. The van der Waals surface area contributed by atoms with E-state index >= 15 is 0 Å². The fraction of sp³-hybridized carbons (Fsp3) is 1.00. The summed E-state index contributed by atoms with van der Waals surface area (Å²) < 4.78 is 0. The van der Waals surface area contributed by atoms with Gasteiger partial charge in [-0.2, -0.15) is 0 Å². The highest BCUT2D eigenvalue weighted by Gasteiger charge is 2.44. The van der Waals surface area contributed by atoms with Crippen LogP contribution in [0.25, 0.3) is 0 Å². The van der Waals surface area contributed by atoms with Crippen molar-refractivity contribution in [2.45, 2.75) is 133 Å². The highest BCUT2D eigenvalue weighted by atomic mass is 17.2. The Morgan fingerprint density at radius 3 is 1.00 bits per heavy atom. The molecule has 0 rings (SSSR count). The summed E-state index contributed by atoms with van der Waals surface area (Å²) in [5, 5.41) is 0. The van der Waals surface area contributed by atoms with Gasteiger partial charge in [0, 0.05) is 0 Å². The summed E-state index contributed by atoms with van der Waals surface area (Å²) in [6, 6.07) is 0. The monoisotopic (exact) mass is 370 g/mol. The average molecular weight is 371 g/mol. The van der Waals surface area contributed by atoms with E-state index < -0.39 is 0 Å². The fourth-order valence-electron chi connectivity index (χ4n) is 4.79. The summed E-state index contributed by atoms with van der Waals surface area (Å²) in [4.78, 5) is 12.5. The van der Waals surface area contributed by atoms with Crippen LogP contribution in [0.2, 0.25) is 0 Å². The molecule has 0 radical (unpaired) electrons.